The van der Waals surface area contributed by atoms with Crippen LogP contribution in [0.25, 0.3) is 0 Å². The van der Waals surface area contributed by atoms with Crippen LogP contribution in [0.4, 0.5) is 0 Å². The molecule has 0 bridgehead atoms. The quantitative estimate of drug-likeness (QED) is 0.507. The molecule has 0 aromatic rings. The molecule has 0 fully saturated rings. The van der Waals surface area contributed by atoms with Crippen molar-refractivity contribution in [3.05, 3.63) is 11.9 Å². The first-order chi connectivity index (χ1) is 2.27. The van der Waals surface area contributed by atoms with E-state index in [-0.39, 0.29) is 0 Å². The van der Waals surface area contributed by atoms with Gasteiger partial charge in [0.1, 0.15) is 0 Å². The highest BCUT2D eigenvalue weighted by molar-refractivity contribution is 9.37. The highest BCUT2D eigenvalue weighted by Gasteiger charge is 1.69. The lowest BCUT2D eigenvalue weighted by Crippen LogP contribution is -1.38. The van der Waals surface area contributed by atoms with Crippen molar-refractivity contribution in [3.8, 4) is 0 Å². The summed E-state index contributed by atoms with van der Waals surface area (Å²) >= 11 is 3.24. The zero-order chi connectivity index (χ0) is 4.28. The Morgan fingerprint density at radius 1 is 2.00 bits per heavy atom. The van der Waals surface area contributed by atoms with Crippen molar-refractivity contribution in [3.63, 3.8) is 0 Å². The second kappa shape index (κ2) is 2.87. The van der Waals surface area contributed by atoms with Gasteiger partial charge in [-0.3, -0.25) is 0 Å². The second-order valence-corrected chi connectivity index (χ2v) is 3.11. The van der Waals surface area contributed by atoms with E-state index in [1.54, 1.807) is 0 Å². The molecule has 0 aromatic heterocycles. The van der Waals surface area contributed by atoms with Gasteiger partial charge in [-0.15, -0.1) is 0 Å². The van der Waals surface area contributed by atoms with Gasteiger partial charge in [-0.05, 0) is 19.5 Å². The van der Waals surface area contributed by atoms with Gasteiger partial charge in [0.25, 0.3) is 0 Å². The van der Waals surface area contributed by atoms with E-state index in [1.165, 1.54) is 5.31 Å². The Labute approximate surface area is 42.2 Å². The SMILES string of the molecule is C=C(C)PBr. The van der Waals surface area contributed by atoms with Crippen molar-refractivity contribution in [2.24, 2.45) is 0 Å². The lowest BCUT2D eigenvalue weighted by atomic mass is 10.8. The van der Waals surface area contributed by atoms with Crippen LogP contribution in [0.15, 0.2) is 11.9 Å². The van der Waals surface area contributed by atoms with Crippen molar-refractivity contribution < 1.29 is 0 Å². The molecule has 1 atom stereocenters. The summed E-state index contributed by atoms with van der Waals surface area (Å²) in [6.45, 7) is 5.63. The molecule has 0 spiro atoms. The maximum Gasteiger partial charge on any atom is -0.0243 e. The zero-order valence-corrected chi connectivity index (χ0v) is 5.67. The van der Waals surface area contributed by atoms with Crippen LogP contribution in [0.1, 0.15) is 6.92 Å². The lowest BCUT2D eigenvalue weighted by molar-refractivity contribution is 1.73. The predicted molar refractivity (Wildman–Crippen MR) is 32.1 cm³/mol. The van der Waals surface area contributed by atoms with Crippen molar-refractivity contribution in [2.75, 3.05) is 0 Å². The van der Waals surface area contributed by atoms with E-state index >= 15 is 0 Å². The number of hydrogen-bond donors (Lipinski definition) is 0. The molecular formula is C3H6BrP. The zero-order valence-electron chi connectivity index (χ0n) is 3.09. The summed E-state index contributed by atoms with van der Waals surface area (Å²) in [5.41, 5.74) is 0. The monoisotopic (exact) mass is 152 g/mol. The second-order valence-electron chi connectivity index (χ2n) is 0.875. The summed E-state index contributed by atoms with van der Waals surface area (Å²) in [5.74, 6) is 0. The molecule has 0 radical (unpaired) electrons. The molecule has 0 N–H and O–H groups in total. The normalized spacial score (nSPS) is 10.0. The average Bonchev–Trinajstić information content (AvgIpc) is 1.38. The van der Waals surface area contributed by atoms with Crippen molar-refractivity contribution in [1.29, 1.82) is 0 Å². The smallest absolute Gasteiger partial charge is 0.0243 e. The molecule has 0 aliphatic carbocycles. The van der Waals surface area contributed by atoms with Crippen molar-refractivity contribution >= 4 is 22.8 Å². The van der Waals surface area contributed by atoms with E-state index < -0.39 is 0 Å². The summed E-state index contributed by atoms with van der Waals surface area (Å²) in [6.07, 6.45) is 0. The molecule has 30 valence electrons. The number of halogens is 1. The van der Waals surface area contributed by atoms with Crippen LogP contribution in [0.5, 0.6) is 0 Å². The topological polar surface area (TPSA) is 0 Å². The lowest BCUT2D eigenvalue weighted by Gasteiger charge is -1.78. The minimum absolute atomic E-state index is 0.732. The van der Waals surface area contributed by atoms with E-state index in [0.29, 0.717) is 0 Å². The fourth-order valence-electron chi connectivity index (χ4n) is 0. The Kier molecular flexibility index (Phi) is 3.24. The molecule has 0 aromatic carbocycles. The molecule has 0 heterocycles. The van der Waals surface area contributed by atoms with E-state index in [9.17, 15) is 0 Å². The third-order valence-electron chi connectivity index (χ3n) is 0.161. The summed E-state index contributed by atoms with van der Waals surface area (Å²) in [6, 6.07) is 0. The fourth-order valence-corrected chi connectivity index (χ4v) is 0. The number of allylic oxidation sites excluding steroid dienone is 1. The minimum Gasteiger partial charge on any atom is -0.0951 e. The first kappa shape index (κ1) is 5.65. The van der Waals surface area contributed by atoms with Crippen LogP contribution in [0.3, 0.4) is 0 Å². The highest BCUT2D eigenvalue weighted by atomic mass is 79.9. The van der Waals surface area contributed by atoms with Gasteiger partial charge in [-0.2, -0.15) is 0 Å². The van der Waals surface area contributed by atoms with Crippen LogP contribution in [-0.2, 0) is 0 Å². The molecule has 0 amide bonds. The fraction of sp³-hybridized carbons (Fsp3) is 0.333. The maximum atomic E-state index is 3.64. The highest BCUT2D eigenvalue weighted by Crippen LogP contribution is 2.27. The Bertz CT molecular complexity index is 42.2. The summed E-state index contributed by atoms with van der Waals surface area (Å²) in [5, 5.41) is 1.20. The average molecular weight is 153 g/mol. The Balaban J connectivity index is 2.85. The van der Waals surface area contributed by atoms with Crippen molar-refractivity contribution in [1.82, 2.24) is 0 Å². The Morgan fingerprint density at radius 2 is 2.20 bits per heavy atom. The van der Waals surface area contributed by atoms with Gasteiger partial charge in [0.2, 0.25) is 0 Å². The molecule has 1 unspecified atom stereocenters. The molecule has 0 saturated carbocycles. The number of hydrogen-bond acceptors (Lipinski definition) is 0. The van der Waals surface area contributed by atoms with E-state index in [0.717, 1.165) is 7.28 Å². The number of rotatable bonds is 1. The van der Waals surface area contributed by atoms with Gasteiger partial charge in [-0.1, -0.05) is 22.1 Å². The van der Waals surface area contributed by atoms with Gasteiger partial charge in [0.05, 0.1) is 0 Å². The third kappa shape index (κ3) is 4.65. The molecule has 0 aliphatic heterocycles. The summed E-state index contributed by atoms with van der Waals surface area (Å²) in [7, 11) is 0.732. The molecule has 5 heavy (non-hydrogen) atoms. The molecule has 0 aliphatic rings. The van der Waals surface area contributed by atoms with E-state index in [4.69, 9.17) is 0 Å². The molecular weight excluding hydrogens is 147 g/mol. The standard InChI is InChI=1S/C3H6BrP/c1-3(2)5-4/h5H,1H2,2H3. The maximum absolute atomic E-state index is 3.64. The van der Waals surface area contributed by atoms with Crippen LogP contribution in [0.2, 0.25) is 0 Å². The molecule has 0 nitrogen and oxygen atoms in total. The minimum atomic E-state index is 0.732. The van der Waals surface area contributed by atoms with Crippen LogP contribution >= 0.6 is 22.8 Å². The Hall–Kier alpha value is 0.650. The third-order valence-corrected chi connectivity index (χ3v) is 2.51. The molecule has 0 saturated heterocycles. The van der Waals surface area contributed by atoms with Crippen LogP contribution < -0.4 is 0 Å². The van der Waals surface area contributed by atoms with Gasteiger partial charge in [0, 0.05) is 0 Å². The Morgan fingerprint density at radius 3 is 2.20 bits per heavy atom. The van der Waals surface area contributed by atoms with E-state index in [2.05, 4.69) is 22.1 Å². The van der Waals surface area contributed by atoms with Gasteiger partial charge < -0.3 is 0 Å². The predicted octanol–water partition coefficient (Wildman–Crippen LogP) is 2.51. The molecule has 0 rings (SSSR count). The van der Waals surface area contributed by atoms with Crippen molar-refractivity contribution in [2.45, 2.75) is 6.92 Å². The largest absolute Gasteiger partial charge is 0.0951 e. The first-order valence-electron chi connectivity index (χ1n) is 1.29. The first-order valence-corrected chi connectivity index (χ1v) is 4.55. The van der Waals surface area contributed by atoms with E-state index in [1.807, 2.05) is 6.92 Å². The molecule has 2 heteroatoms. The summed E-state index contributed by atoms with van der Waals surface area (Å²) < 4.78 is 0. The van der Waals surface area contributed by atoms with Crippen LogP contribution in [0, 0.1) is 0 Å². The van der Waals surface area contributed by atoms with Gasteiger partial charge >= 0.3 is 0 Å². The van der Waals surface area contributed by atoms with Gasteiger partial charge in [-0.25, -0.2) is 0 Å². The van der Waals surface area contributed by atoms with Gasteiger partial charge in [0.15, 0.2) is 0 Å². The van der Waals surface area contributed by atoms with Crippen LogP contribution in [-0.4, -0.2) is 0 Å². The summed E-state index contributed by atoms with van der Waals surface area (Å²) in [4.78, 5) is 0.